The second-order valence-electron chi connectivity index (χ2n) is 3.27. The van der Waals surface area contributed by atoms with Crippen molar-refractivity contribution in [3.05, 3.63) is 40.5 Å². The van der Waals surface area contributed by atoms with Crippen LogP contribution in [0.3, 0.4) is 0 Å². The van der Waals surface area contributed by atoms with E-state index in [0.29, 0.717) is 0 Å². The molecule has 0 aliphatic heterocycles. The van der Waals surface area contributed by atoms with Gasteiger partial charge in [0.25, 0.3) is 20.3 Å². The minimum Gasteiger partial charge on any atom is -0.504 e. The van der Waals surface area contributed by atoms with Gasteiger partial charge in [-0.1, -0.05) is 0 Å². The Labute approximate surface area is 126 Å². The van der Waals surface area contributed by atoms with Crippen LogP contribution in [-0.4, -0.2) is 30.6 Å². The van der Waals surface area contributed by atoms with Crippen LogP contribution in [0.2, 0.25) is 0 Å². The smallest absolute Gasteiger partial charge is 0.300 e. The van der Waals surface area contributed by atoms with Gasteiger partial charge in [-0.05, 0) is 0 Å². The standard InChI is InChI=1S/C6H2N4O14/c11-1-3(21-7(13)14)2(12)5(23-9(17)18)6(24-10(19)20)4(1)22-8(15)16/h11-12H. The van der Waals surface area contributed by atoms with Crippen molar-refractivity contribution in [2.24, 2.45) is 0 Å². The van der Waals surface area contributed by atoms with E-state index in [2.05, 4.69) is 19.4 Å². The van der Waals surface area contributed by atoms with Gasteiger partial charge in [0.05, 0.1) is 0 Å². The summed E-state index contributed by atoms with van der Waals surface area (Å²) in [6, 6.07) is 0. The molecule has 0 amide bonds. The Morgan fingerprint density at radius 1 is 0.542 bits per heavy atom. The molecule has 0 aliphatic carbocycles. The number of phenols is 2. The molecule has 0 heterocycles. The lowest BCUT2D eigenvalue weighted by molar-refractivity contribution is -0.727. The topological polar surface area (TPSA) is 250 Å². The Morgan fingerprint density at radius 3 is 1.08 bits per heavy atom. The minimum atomic E-state index is -1.71. The molecule has 18 heteroatoms. The van der Waals surface area contributed by atoms with Crippen molar-refractivity contribution in [1.82, 2.24) is 0 Å². The summed E-state index contributed by atoms with van der Waals surface area (Å²) in [5.74, 6) is -9.98. The van der Waals surface area contributed by atoms with Crippen LogP contribution < -0.4 is 19.4 Å². The fourth-order valence-corrected chi connectivity index (χ4v) is 1.27. The molecule has 1 aromatic rings. The summed E-state index contributed by atoms with van der Waals surface area (Å²) >= 11 is 0. The number of aromatic hydroxyl groups is 2. The highest BCUT2D eigenvalue weighted by Gasteiger charge is 2.32. The van der Waals surface area contributed by atoms with Gasteiger partial charge in [-0.3, -0.25) is 19.4 Å². The highest BCUT2D eigenvalue weighted by molar-refractivity contribution is 5.71. The predicted molar refractivity (Wildman–Crippen MR) is 60.3 cm³/mol. The number of hydrogen-bond donors (Lipinski definition) is 2. The SMILES string of the molecule is O=[N+]([O-])Oc1c(O)c(O[N+](=O)[O-])c(O[N+](=O)[O-])c(O[N+](=O)[O-])c1O. The second kappa shape index (κ2) is 6.59. The molecule has 0 radical (unpaired) electrons. The molecule has 0 atom stereocenters. The fourth-order valence-electron chi connectivity index (χ4n) is 1.27. The van der Waals surface area contributed by atoms with Crippen LogP contribution in [0.1, 0.15) is 0 Å². The molecule has 0 bridgehead atoms. The van der Waals surface area contributed by atoms with Gasteiger partial charge in [0.2, 0.25) is 17.2 Å². The number of rotatable bonds is 8. The molecule has 1 rings (SSSR count). The lowest BCUT2D eigenvalue weighted by Crippen LogP contribution is -2.14. The number of benzene rings is 1. The molecule has 0 aliphatic rings. The number of nitrogens with zero attached hydrogens (tertiary/aromatic N) is 4. The third kappa shape index (κ3) is 3.84. The minimum absolute atomic E-state index is 1.61. The van der Waals surface area contributed by atoms with E-state index in [1.165, 1.54) is 0 Å². The van der Waals surface area contributed by atoms with E-state index >= 15 is 0 Å². The Bertz CT molecular complexity index is 685. The average Bonchev–Trinajstić information content (AvgIpc) is 2.42. The van der Waals surface area contributed by atoms with Crippen LogP contribution in [0.5, 0.6) is 34.5 Å². The summed E-state index contributed by atoms with van der Waals surface area (Å²) in [4.78, 5) is 56.1. The zero-order valence-corrected chi connectivity index (χ0v) is 10.6. The molecule has 1 aromatic carbocycles. The van der Waals surface area contributed by atoms with Crippen molar-refractivity contribution >= 4 is 0 Å². The van der Waals surface area contributed by atoms with E-state index in [0.717, 1.165) is 0 Å². The largest absolute Gasteiger partial charge is 0.504 e. The Hall–Kier alpha value is -4.38. The normalized spacial score (nSPS) is 9.67. The lowest BCUT2D eigenvalue weighted by Gasteiger charge is -2.15. The van der Waals surface area contributed by atoms with E-state index < -0.39 is 54.8 Å². The first kappa shape index (κ1) is 17.7. The first-order valence-corrected chi connectivity index (χ1v) is 4.95. The molecule has 0 saturated carbocycles. The first-order valence-electron chi connectivity index (χ1n) is 4.95. The zero-order chi connectivity index (χ0) is 18.6. The highest BCUT2D eigenvalue weighted by Crippen LogP contribution is 2.57. The lowest BCUT2D eigenvalue weighted by atomic mass is 10.2. The van der Waals surface area contributed by atoms with Gasteiger partial charge in [-0.15, -0.1) is 40.5 Å². The monoisotopic (exact) mass is 354 g/mol. The summed E-state index contributed by atoms with van der Waals surface area (Å²) in [7, 11) is 0. The molecular formula is C6H2N4O14. The van der Waals surface area contributed by atoms with Crippen molar-refractivity contribution in [2.75, 3.05) is 0 Å². The molecule has 130 valence electrons. The highest BCUT2D eigenvalue weighted by atomic mass is 17.0. The maximum absolute atomic E-state index is 10.4. The predicted octanol–water partition coefficient (Wildman–Crippen LogP) is -0.620. The molecule has 0 fully saturated rings. The van der Waals surface area contributed by atoms with E-state index in [4.69, 9.17) is 0 Å². The van der Waals surface area contributed by atoms with Crippen LogP contribution in [0.25, 0.3) is 0 Å². The second-order valence-corrected chi connectivity index (χ2v) is 3.27. The van der Waals surface area contributed by atoms with Gasteiger partial charge >= 0.3 is 0 Å². The Balaban J connectivity index is 3.78. The van der Waals surface area contributed by atoms with Gasteiger partial charge in [0, 0.05) is 0 Å². The summed E-state index contributed by atoms with van der Waals surface area (Å²) in [6.45, 7) is 0. The van der Waals surface area contributed by atoms with Crippen LogP contribution in [0.4, 0.5) is 0 Å². The maximum Gasteiger partial charge on any atom is 0.300 e. The molecule has 0 aromatic heterocycles. The quantitative estimate of drug-likeness (QED) is 0.436. The van der Waals surface area contributed by atoms with Crippen LogP contribution >= 0.6 is 0 Å². The maximum atomic E-state index is 10.4. The molecule has 24 heavy (non-hydrogen) atoms. The average molecular weight is 354 g/mol. The Kier molecular flexibility index (Phi) is 4.85. The summed E-state index contributed by atoms with van der Waals surface area (Å²) < 4.78 is 0. The first-order chi connectivity index (χ1) is 11.0. The number of hydrogen-bond acceptors (Lipinski definition) is 14. The van der Waals surface area contributed by atoms with E-state index in [-0.39, 0.29) is 0 Å². The molecule has 2 N–H and O–H groups in total. The molecule has 0 saturated heterocycles. The fraction of sp³-hybridized carbons (Fsp3) is 0. The molecule has 18 nitrogen and oxygen atoms in total. The number of phenolic OH excluding ortho intramolecular Hbond substituents is 2. The van der Waals surface area contributed by atoms with E-state index in [1.807, 2.05) is 0 Å². The summed E-state index contributed by atoms with van der Waals surface area (Å²) in [6.07, 6.45) is 0. The van der Waals surface area contributed by atoms with Crippen molar-refractivity contribution in [3.8, 4) is 34.5 Å². The van der Waals surface area contributed by atoms with Crippen molar-refractivity contribution < 1.29 is 49.9 Å². The van der Waals surface area contributed by atoms with Crippen LogP contribution in [0.15, 0.2) is 0 Å². The van der Waals surface area contributed by atoms with E-state index in [9.17, 15) is 50.7 Å². The van der Waals surface area contributed by atoms with Gasteiger partial charge in [-0.25, -0.2) is 0 Å². The molecule has 0 spiro atoms. The molecular weight excluding hydrogens is 352 g/mol. The summed E-state index contributed by atoms with van der Waals surface area (Å²) in [5.41, 5.74) is 0. The summed E-state index contributed by atoms with van der Waals surface area (Å²) in [5, 5.41) is 53.9. The Morgan fingerprint density at radius 2 is 0.792 bits per heavy atom. The van der Waals surface area contributed by atoms with Crippen LogP contribution in [-0.2, 0) is 0 Å². The third-order valence-electron chi connectivity index (χ3n) is 1.94. The van der Waals surface area contributed by atoms with E-state index in [1.54, 1.807) is 0 Å². The molecule has 0 unspecified atom stereocenters. The van der Waals surface area contributed by atoms with Gasteiger partial charge < -0.3 is 10.2 Å². The van der Waals surface area contributed by atoms with Crippen molar-refractivity contribution in [2.45, 2.75) is 0 Å². The van der Waals surface area contributed by atoms with Crippen molar-refractivity contribution in [1.29, 1.82) is 0 Å². The van der Waals surface area contributed by atoms with Gasteiger partial charge in [-0.2, -0.15) is 0 Å². The zero-order valence-electron chi connectivity index (χ0n) is 10.6. The third-order valence-corrected chi connectivity index (χ3v) is 1.94. The van der Waals surface area contributed by atoms with Crippen molar-refractivity contribution in [3.63, 3.8) is 0 Å². The van der Waals surface area contributed by atoms with Gasteiger partial charge in [0.1, 0.15) is 0 Å². The van der Waals surface area contributed by atoms with Gasteiger partial charge in [0.15, 0.2) is 17.2 Å². The van der Waals surface area contributed by atoms with Crippen LogP contribution in [0, 0.1) is 40.5 Å².